The van der Waals surface area contributed by atoms with E-state index < -0.39 is 42.2 Å². The van der Waals surface area contributed by atoms with Gasteiger partial charge in [-0.05, 0) is 78.9 Å². The van der Waals surface area contributed by atoms with E-state index >= 15 is 0 Å². The summed E-state index contributed by atoms with van der Waals surface area (Å²) in [6, 6.07) is 4.36. The normalized spacial score (nSPS) is 16.0. The summed E-state index contributed by atoms with van der Waals surface area (Å²) in [5, 5.41) is 23.5. The Labute approximate surface area is 176 Å². The summed E-state index contributed by atoms with van der Waals surface area (Å²) in [6.45, 7) is -1.46. The van der Waals surface area contributed by atoms with Gasteiger partial charge in [-0.1, -0.05) is 0 Å². The number of nitrogens with one attached hydrogen (secondary N) is 2. The second-order valence-corrected chi connectivity index (χ2v) is 5.40. The minimum Gasteiger partial charge on any atom is -0.340 e. The first-order valence-corrected chi connectivity index (χ1v) is 7.90. The molecule has 2 N–H and O–H groups in total. The molecule has 0 aliphatic rings. The summed E-state index contributed by atoms with van der Waals surface area (Å²) in [6.07, 6.45) is 1.32. The molecular formula is C22H18N6. The first-order valence-electron chi connectivity index (χ1n) is 12.4. The quantitative estimate of drug-likeness (QED) is 0.610. The van der Waals surface area contributed by atoms with Crippen LogP contribution in [0.3, 0.4) is 0 Å². The Hall–Kier alpha value is -4.16. The van der Waals surface area contributed by atoms with E-state index in [1.54, 1.807) is 0 Å². The monoisotopic (exact) mass is 375 g/mol. The number of anilines is 4. The minimum atomic E-state index is -2.86. The molecule has 0 fully saturated rings. The molecule has 0 amide bonds. The molecule has 0 bridgehead atoms. The molecule has 3 rings (SSSR count). The maximum absolute atomic E-state index is 9.00. The maximum atomic E-state index is 9.00. The highest BCUT2D eigenvalue weighted by molar-refractivity contribution is 5.69. The largest absolute Gasteiger partial charge is 0.340 e. The van der Waals surface area contributed by atoms with Gasteiger partial charge in [-0.3, -0.25) is 0 Å². The minimum absolute atomic E-state index is 0.0419. The van der Waals surface area contributed by atoms with Crippen molar-refractivity contribution in [1.29, 1.82) is 10.5 Å². The number of rotatable bonds is 5. The van der Waals surface area contributed by atoms with Crippen molar-refractivity contribution < 1.29 is 12.3 Å². The number of hydrogen-bond acceptors (Lipinski definition) is 6. The maximum Gasteiger partial charge on any atom is 0.229 e. The van der Waals surface area contributed by atoms with Crippen LogP contribution in [0, 0.1) is 36.4 Å². The van der Waals surface area contributed by atoms with E-state index in [4.69, 9.17) is 22.9 Å². The van der Waals surface area contributed by atoms with E-state index in [0.717, 1.165) is 0 Å². The van der Waals surface area contributed by atoms with Crippen LogP contribution in [0.15, 0.2) is 54.6 Å². The van der Waals surface area contributed by atoms with Crippen LogP contribution in [0.25, 0.3) is 6.05 Å². The zero-order chi connectivity index (χ0) is 27.7. The molecule has 28 heavy (non-hydrogen) atoms. The molecule has 0 unspecified atom stereocenters. The van der Waals surface area contributed by atoms with E-state index in [-0.39, 0.29) is 46.4 Å². The number of nitrogens with zero attached hydrogens (tertiary/aromatic N) is 4. The number of nitriles is 2. The Morgan fingerprint density at radius 3 is 2.68 bits per heavy atom. The molecule has 2 aromatic carbocycles. The molecule has 3 aromatic rings. The molecule has 0 saturated carbocycles. The van der Waals surface area contributed by atoms with Crippen LogP contribution in [0.2, 0.25) is 0 Å². The summed E-state index contributed by atoms with van der Waals surface area (Å²) < 4.78 is 72.5. The Balaban J connectivity index is 2.12. The van der Waals surface area contributed by atoms with Gasteiger partial charge in [-0.2, -0.15) is 15.5 Å². The molecule has 0 aliphatic carbocycles. The Bertz CT molecular complexity index is 1490. The first kappa shape index (κ1) is 10.2. The van der Waals surface area contributed by atoms with Gasteiger partial charge in [0.1, 0.15) is 5.82 Å². The van der Waals surface area contributed by atoms with Crippen LogP contribution < -0.4 is 10.6 Å². The highest BCUT2D eigenvalue weighted by Gasteiger charge is 2.07. The van der Waals surface area contributed by atoms with Crippen molar-refractivity contribution in [2.45, 2.75) is 13.8 Å². The smallest absolute Gasteiger partial charge is 0.229 e. The van der Waals surface area contributed by atoms with Crippen LogP contribution in [-0.4, -0.2) is 9.97 Å². The van der Waals surface area contributed by atoms with Gasteiger partial charge in [0.2, 0.25) is 5.95 Å². The van der Waals surface area contributed by atoms with Gasteiger partial charge in [0.05, 0.1) is 25.9 Å². The molecule has 6 heteroatoms. The van der Waals surface area contributed by atoms with Crippen LogP contribution in [0.5, 0.6) is 0 Å². The standard InChI is InChI=1S/C22H18N6/c1-15-12-18(4-3-10-23)13-16(2)21(15)27-20-9-11-25-22(28-20)26-19-7-5-17(14-24)6-8-19/h3-9,11-13H,1-2H3,(H2,25,26,27,28)/b4-3+/i1D3,3D,4D,7D,8D,12D,13D. The van der Waals surface area contributed by atoms with Crippen molar-refractivity contribution in [2.75, 3.05) is 10.6 Å². The lowest BCUT2D eigenvalue weighted by Crippen LogP contribution is -2.02. The van der Waals surface area contributed by atoms with Gasteiger partial charge in [0.25, 0.3) is 0 Å². The predicted octanol–water partition coefficient (Wildman–Crippen LogP) is 4.99. The molecule has 6 nitrogen and oxygen atoms in total. The molecule has 0 saturated heterocycles. The fourth-order valence-corrected chi connectivity index (χ4v) is 2.21. The second kappa shape index (κ2) is 8.48. The zero-order valence-corrected chi connectivity index (χ0v) is 14.6. The fraction of sp³-hybridized carbons (Fsp3) is 0.0909. The van der Waals surface area contributed by atoms with E-state index in [9.17, 15) is 0 Å². The first-order chi connectivity index (χ1) is 17.3. The third kappa shape index (κ3) is 4.51. The van der Waals surface area contributed by atoms with Crippen molar-refractivity contribution in [3.05, 3.63) is 76.9 Å². The molecular weight excluding hydrogens is 348 g/mol. The van der Waals surface area contributed by atoms with Crippen molar-refractivity contribution in [1.82, 2.24) is 9.97 Å². The van der Waals surface area contributed by atoms with E-state index in [1.807, 2.05) is 6.07 Å². The van der Waals surface area contributed by atoms with Gasteiger partial charge in [-0.25, -0.2) is 4.98 Å². The number of hydrogen-bond donors (Lipinski definition) is 2. The molecule has 0 spiro atoms. The van der Waals surface area contributed by atoms with Crippen molar-refractivity contribution in [3.63, 3.8) is 0 Å². The van der Waals surface area contributed by atoms with E-state index in [1.165, 1.54) is 37.4 Å². The molecule has 0 aliphatic heterocycles. The van der Waals surface area contributed by atoms with Crippen molar-refractivity contribution >= 4 is 29.2 Å². The Morgan fingerprint density at radius 1 is 1.18 bits per heavy atom. The van der Waals surface area contributed by atoms with Crippen LogP contribution in [0.4, 0.5) is 23.1 Å². The fourth-order valence-electron chi connectivity index (χ4n) is 2.21. The zero-order valence-electron chi connectivity index (χ0n) is 23.6. The lowest BCUT2D eigenvalue weighted by Gasteiger charge is -2.14. The number of benzene rings is 2. The second-order valence-electron chi connectivity index (χ2n) is 5.40. The lowest BCUT2D eigenvalue weighted by molar-refractivity contribution is 1.16. The van der Waals surface area contributed by atoms with Crippen LogP contribution >= 0.6 is 0 Å². The van der Waals surface area contributed by atoms with Gasteiger partial charge >= 0.3 is 0 Å². The summed E-state index contributed by atoms with van der Waals surface area (Å²) in [5.41, 5.74) is -0.857. The molecule has 136 valence electrons. The van der Waals surface area contributed by atoms with Crippen molar-refractivity contribution in [3.8, 4) is 12.1 Å². The SMILES string of the molecule is [2H]/C(C#N)=C(/[2H])c1c([2H])c(C)c(Nc2ccnc(Nc3c([2H])cc(C#N)cc3[2H])n2)c(C([2H])([2H])[2H])c1[2H]. The van der Waals surface area contributed by atoms with Gasteiger partial charge in [-0.15, -0.1) is 0 Å². The third-order valence-electron chi connectivity index (χ3n) is 3.45. The van der Waals surface area contributed by atoms with Gasteiger partial charge < -0.3 is 10.6 Å². The summed E-state index contributed by atoms with van der Waals surface area (Å²) in [4.78, 5) is 8.25. The van der Waals surface area contributed by atoms with E-state index in [0.29, 0.717) is 0 Å². The highest BCUT2D eigenvalue weighted by Crippen LogP contribution is 2.26. The lowest BCUT2D eigenvalue weighted by atomic mass is 10.0. The summed E-state index contributed by atoms with van der Waals surface area (Å²) in [7, 11) is 0. The number of aromatic nitrogens is 2. The highest BCUT2D eigenvalue weighted by atomic mass is 15.1. The third-order valence-corrected chi connectivity index (χ3v) is 3.45. The summed E-state index contributed by atoms with van der Waals surface area (Å²) in [5.74, 6) is 0.00653. The van der Waals surface area contributed by atoms with Gasteiger partial charge in [0.15, 0.2) is 0 Å². The van der Waals surface area contributed by atoms with Crippen molar-refractivity contribution in [2.24, 2.45) is 0 Å². The predicted molar refractivity (Wildman–Crippen MR) is 110 cm³/mol. The molecule has 1 heterocycles. The average Bonchev–Trinajstić information content (AvgIpc) is 2.83. The van der Waals surface area contributed by atoms with E-state index in [2.05, 4.69) is 20.6 Å². The Kier molecular flexibility index (Phi) is 3.10. The Morgan fingerprint density at radius 2 is 1.96 bits per heavy atom. The topological polar surface area (TPSA) is 97.4 Å². The average molecular weight is 375 g/mol. The molecule has 0 radical (unpaired) electrons. The van der Waals surface area contributed by atoms with Gasteiger partial charge in [0, 0.05) is 27.7 Å². The van der Waals surface area contributed by atoms with Crippen LogP contribution in [0.1, 0.15) is 34.6 Å². The summed E-state index contributed by atoms with van der Waals surface area (Å²) >= 11 is 0. The van der Waals surface area contributed by atoms with Crippen LogP contribution in [-0.2, 0) is 0 Å². The molecule has 1 aromatic heterocycles. The molecule has 0 atom stereocenters. The number of allylic oxidation sites excluding steroid dienone is 1.